The second kappa shape index (κ2) is 8.08. The first kappa shape index (κ1) is 19.3. The molecule has 0 bridgehead atoms. The number of fused-ring (bicyclic) bond motifs is 1. The molecule has 8 heteroatoms. The van der Waals surface area contributed by atoms with Crippen LogP contribution in [0.1, 0.15) is 34.5 Å². The van der Waals surface area contributed by atoms with E-state index >= 15 is 0 Å². The van der Waals surface area contributed by atoms with E-state index in [1.807, 2.05) is 30.3 Å². The smallest absolute Gasteiger partial charge is 0.303 e. The lowest BCUT2D eigenvalue weighted by Gasteiger charge is -2.18. The summed E-state index contributed by atoms with van der Waals surface area (Å²) in [6.07, 6.45) is 2.00. The number of carbonyl (C=O) groups is 2. The van der Waals surface area contributed by atoms with Gasteiger partial charge in [0.15, 0.2) is 0 Å². The third kappa shape index (κ3) is 4.11. The van der Waals surface area contributed by atoms with Crippen molar-refractivity contribution in [2.75, 3.05) is 0 Å². The molecule has 1 atom stereocenters. The van der Waals surface area contributed by atoms with Crippen LogP contribution in [0, 0.1) is 6.92 Å². The summed E-state index contributed by atoms with van der Waals surface area (Å²) in [5, 5.41) is 12.0. The van der Waals surface area contributed by atoms with Crippen LogP contribution in [0.2, 0.25) is 0 Å². The Morgan fingerprint density at radius 3 is 2.68 bits per heavy atom. The highest BCUT2D eigenvalue weighted by molar-refractivity contribution is 6.06. The first-order valence-electron chi connectivity index (χ1n) is 8.88. The maximum absolute atomic E-state index is 13.0. The van der Waals surface area contributed by atoms with Crippen LogP contribution in [0.3, 0.4) is 0 Å². The average molecular weight is 383 g/mol. The van der Waals surface area contributed by atoms with E-state index in [-0.39, 0.29) is 35.1 Å². The zero-order valence-corrected chi connectivity index (χ0v) is 15.6. The summed E-state index contributed by atoms with van der Waals surface area (Å²) in [6, 6.07) is 9.08. The Morgan fingerprint density at radius 1 is 1.29 bits per heavy atom. The van der Waals surface area contributed by atoms with Crippen molar-refractivity contribution >= 4 is 23.0 Å². The van der Waals surface area contributed by atoms with Crippen molar-refractivity contribution in [3.05, 3.63) is 63.9 Å². The van der Waals surface area contributed by atoms with Gasteiger partial charge in [0.2, 0.25) is 5.71 Å². The molecule has 2 N–H and O–H groups in total. The van der Waals surface area contributed by atoms with Crippen molar-refractivity contribution < 1.29 is 19.1 Å². The number of carbonyl (C=O) groups excluding carboxylic acids is 1. The van der Waals surface area contributed by atoms with Crippen LogP contribution in [0.15, 0.2) is 45.9 Å². The fourth-order valence-corrected chi connectivity index (χ4v) is 3.14. The van der Waals surface area contributed by atoms with Gasteiger partial charge >= 0.3 is 5.97 Å². The van der Waals surface area contributed by atoms with Gasteiger partial charge in [0.1, 0.15) is 17.5 Å². The summed E-state index contributed by atoms with van der Waals surface area (Å²) in [7, 11) is 1.55. The van der Waals surface area contributed by atoms with Gasteiger partial charge in [0.05, 0.1) is 5.56 Å². The minimum atomic E-state index is -0.935. The number of carboxylic acid groups (broad SMARTS) is 1. The number of carboxylic acids is 1. The van der Waals surface area contributed by atoms with Gasteiger partial charge < -0.3 is 19.4 Å². The number of amides is 1. The number of aliphatic carboxylic acids is 1. The van der Waals surface area contributed by atoms with E-state index in [0.717, 1.165) is 5.56 Å². The van der Waals surface area contributed by atoms with Crippen LogP contribution in [0.4, 0.5) is 0 Å². The van der Waals surface area contributed by atoms with Crippen LogP contribution in [0.5, 0.6) is 0 Å². The van der Waals surface area contributed by atoms with E-state index in [1.54, 1.807) is 14.0 Å². The van der Waals surface area contributed by atoms with Crippen molar-refractivity contribution in [1.82, 2.24) is 14.9 Å². The molecule has 8 nitrogen and oxygen atoms in total. The highest BCUT2D eigenvalue weighted by Gasteiger charge is 2.24. The van der Waals surface area contributed by atoms with E-state index < -0.39 is 17.9 Å². The number of hydrogen-bond donors (Lipinski definition) is 2. The first-order valence-corrected chi connectivity index (χ1v) is 8.88. The Balaban J connectivity index is 1.90. The Bertz CT molecular complexity index is 1070. The number of aromatic nitrogens is 2. The highest BCUT2D eigenvalue weighted by Crippen LogP contribution is 2.21. The third-order valence-electron chi connectivity index (χ3n) is 4.54. The predicted molar refractivity (Wildman–Crippen MR) is 102 cm³/mol. The van der Waals surface area contributed by atoms with Crippen molar-refractivity contribution in [2.24, 2.45) is 7.05 Å². The van der Waals surface area contributed by atoms with Crippen LogP contribution in [0.25, 0.3) is 11.1 Å². The van der Waals surface area contributed by atoms with Crippen LogP contribution < -0.4 is 10.9 Å². The van der Waals surface area contributed by atoms with Gasteiger partial charge in [0, 0.05) is 19.5 Å². The first-order chi connectivity index (χ1) is 13.4. The molecule has 28 heavy (non-hydrogen) atoms. The van der Waals surface area contributed by atoms with Gasteiger partial charge in [-0.25, -0.2) is 4.98 Å². The Morgan fingerprint density at radius 2 is 2.00 bits per heavy atom. The third-order valence-corrected chi connectivity index (χ3v) is 4.54. The number of nitrogens with one attached hydrogen (secondary N) is 1. The maximum Gasteiger partial charge on any atom is 0.303 e. The summed E-state index contributed by atoms with van der Waals surface area (Å²) in [5.41, 5.74) is 0.842. The molecule has 0 aliphatic heterocycles. The summed E-state index contributed by atoms with van der Waals surface area (Å²) in [5.74, 6) is -1.12. The average Bonchev–Trinajstić information content (AvgIpc) is 3.00. The molecule has 0 saturated heterocycles. The monoisotopic (exact) mass is 383 g/mol. The van der Waals surface area contributed by atoms with Gasteiger partial charge in [-0.2, -0.15) is 0 Å². The molecule has 146 valence electrons. The molecule has 3 rings (SSSR count). The molecule has 0 spiro atoms. The molecule has 1 aromatic carbocycles. The minimum Gasteiger partial charge on any atom is -0.481 e. The van der Waals surface area contributed by atoms with Crippen molar-refractivity contribution in [3.8, 4) is 0 Å². The number of furan rings is 1. The molecule has 3 aromatic rings. The molecule has 0 fully saturated rings. The lowest BCUT2D eigenvalue weighted by molar-refractivity contribution is -0.137. The maximum atomic E-state index is 13.0. The van der Waals surface area contributed by atoms with Gasteiger partial charge in [-0.3, -0.25) is 14.4 Å². The van der Waals surface area contributed by atoms with Gasteiger partial charge in [-0.15, -0.1) is 0 Å². The zero-order valence-electron chi connectivity index (χ0n) is 15.6. The van der Waals surface area contributed by atoms with E-state index in [1.165, 1.54) is 10.9 Å². The van der Waals surface area contributed by atoms with Crippen LogP contribution in [-0.4, -0.2) is 32.6 Å². The lowest BCUT2D eigenvalue weighted by atomic mass is 10.0. The SMILES string of the molecule is Cc1oc2ncn(C)c(=O)c2c1C(=O)NC(CCC(=O)O)Cc1ccccc1. The van der Waals surface area contributed by atoms with E-state index in [2.05, 4.69) is 10.3 Å². The number of benzene rings is 1. The van der Waals surface area contributed by atoms with Gasteiger partial charge in [-0.1, -0.05) is 30.3 Å². The number of hydrogen-bond acceptors (Lipinski definition) is 5. The second-order valence-electron chi connectivity index (χ2n) is 6.67. The molecule has 0 aliphatic carbocycles. The molecule has 0 radical (unpaired) electrons. The molecular weight excluding hydrogens is 362 g/mol. The lowest BCUT2D eigenvalue weighted by Crippen LogP contribution is -2.37. The topological polar surface area (TPSA) is 114 Å². The summed E-state index contributed by atoms with van der Waals surface area (Å²) in [4.78, 5) is 40.5. The number of aryl methyl sites for hydroxylation is 2. The van der Waals surface area contributed by atoms with Crippen molar-refractivity contribution in [1.29, 1.82) is 0 Å². The van der Waals surface area contributed by atoms with E-state index in [9.17, 15) is 14.4 Å². The molecule has 2 heterocycles. The number of nitrogens with zero attached hydrogens (tertiary/aromatic N) is 2. The van der Waals surface area contributed by atoms with Gasteiger partial charge in [-0.05, 0) is 25.3 Å². The molecule has 0 aliphatic rings. The summed E-state index contributed by atoms with van der Waals surface area (Å²) < 4.78 is 6.75. The van der Waals surface area contributed by atoms with Gasteiger partial charge in [0.25, 0.3) is 11.5 Å². The largest absolute Gasteiger partial charge is 0.481 e. The van der Waals surface area contributed by atoms with Crippen molar-refractivity contribution in [2.45, 2.75) is 32.2 Å². The number of rotatable bonds is 7. The Labute approximate surface area is 160 Å². The standard InChI is InChI=1S/C20H21N3O5/c1-12-16(17-19(28-12)21-11-23(2)20(17)27)18(26)22-14(8-9-15(24)25)10-13-6-4-3-5-7-13/h3-7,11,14H,8-10H2,1-2H3,(H,22,26)(H,24,25). The van der Waals surface area contributed by atoms with Crippen LogP contribution >= 0.6 is 0 Å². The van der Waals surface area contributed by atoms with E-state index in [4.69, 9.17) is 9.52 Å². The molecular formula is C20H21N3O5. The molecule has 1 amide bonds. The molecule has 0 saturated carbocycles. The highest BCUT2D eigenvalue weighted by atomic mass is 16.4. The van der Waals surface area contributed by atoms with Crippen LogP contribution in [-0.2, 0) is 18.3 Å². The summed E-state index contributed by atoms with van der Waals surface area (Å²) in [6.45, 7) is 1.60. The summed E-state index contributed by atoms with van der Waals surface area (Å²) >= 11 is 0. The molecule has 2 aromatic heterocycles. The van der Waals surface area contributed by atoms with Crippen molar-refractivity contribution in [3.63, 3.8) is 0 Å². The fraction of sp³-hybridized carbons (Fsp3) is 0.300. The second-order valence-corrected chi connectivity index (χ2v) is 6.67. The fourth-order valence-electron chi connectivity index (χ4n) is 3.14. The minimum absolute atomic E-state index is 0.0772. The van der Waals surface area contributed by atoms with E-state index in [0.29, 0.717) is 12.2 Å². The Kier molecular flexibility index (Phi) is 5.58. The zero-order chi connectivity index (χ0) is 20.3. The predicted octanol–water partition coefficient (Wildman–Crippen LogP) is 2.04. The normalized spacial score (nSPS) is 12.1. The quantitative estimate of drug-likeness (QED) is 0.645. The Hall–Kier alpha value is -3.42. The molecule has 1 unspecified atom stereocenters.